The molecule has 2 aliphatic rings. The summed E-state index contributed by atoms with van der Waals surface area (Å²) in [5.41, 5.74) is 3.70. The van der Waals surface area contributed by atoms with Gasteiger partial charge in [0.15, 0.2) is 0 Å². The van der Waals surface area contributed by atoms with Gasteiger partial charge >= 0.3 is 0 Å². The Balaban J connectivity index is 0.000000795. The molecule has 6 nitrogen and oxygen atoms in total. The minimum absolute atomic E-state index is 0.516. The van der Waals surface area contributed by atoms with Crippen molar-refractivity contribution in [3.63, 3.8) is 0 Å². The Bertz CT molecular complexity index is 1020. The van der Waals surface area contributed by atoms with Crippen LogP contribution in [0.15, 0.2) is 27.4 Å². The fourth-order valence-corrected chi connectivity index (χ4v) is 6.38. The third-order valence-electron chi connectivity index (χ3n) is 6.50. The van der Waals surface area contributed by atoms with Gasteiger partial charge in [-0.3, -0.25) is 0 Å². The van der Waals surface area contributed by atoms with E-state index in [-0.39, 0.29) is 0 Å². The van der Waals surface area contributed by atoms with Gasteiger partial charge in [0.05, 0.1) is 17.4 Å². The van der Waals surface area contributed by atoms with Crippen molar-refractivity contribution in [3.8, 4) is 0 Å². The SMILES string of the molecule is CCCCCc1ccc(C)c(CCC)c1NC1=NCC2([CH-][p+]3[o+][c-](C(C)(C)O)cc32)O1.CCOC. The first-order valence-corrected chi connectivity index (χ1v) is 14.3. The molecule has 0 fully saturated rings. The molecule has 0 saturated carbocycles. The Hall–Kier alpha value is -1.88. The highest BCUT2D eigenvalue weighted by Gasteiger charge is 2.52. The smallest absolute Gasteiger partial charge is 0.293 e. The van der Waals surface area contributed by atoms with Crippen LogP contribution in [0, 0.1) is 13.1 Å². The van der Waals surface area contributed by atoms with Crippen molar-refractivity contribution in [2.45, 2.75) is 91.3 Å². The summed E-state index contributed by atoms with van der Waals surface area (Å²) in [5.74, 6) is 0.619. The standard InChI is InChI=1S/C25H35N2O3P.C3H8O/c1-6-8-9-11-18-13-12-17(3)19(10-7-2)22(18)27-23-26-15-25(29-23)16-31-21(25)14-20(30-31)24(4,5)28;1-3-4-2/h12-14,16,28H,6-11,15H2,1-5H3,(H,26,27);3H2,1-2H3. The summed E-state index contributed by atoms with van der Waals surface area (Å²) >= 11 is 0. The maximum atomic E-state index is 10.3. The number of nitrogens with zero attached hydrogens (tertiary/aromatic N) is 1. The summed E-state index contributed by atoms with van der Waals surface area (Å²) in [7, 11) is 0.873. The number of amidine groups is 1. The maximum Gasteiger partial charge on any atom is 0.293 e. The highest BCUT2D eigenvalue weighted by molar-refractivity contribution is 7.49. The van der Waals surface area contributed by atoms with Crippen LogP contribution in [0.25, 0.3) is 0 Å². The second-order valence-electron chi connectivity index (χ2n) is 9.92. The van der Waals surface area contributed by atoms with Crippen molar-refractivity contribution in [2.75, 3.05) is 25.6 Å². The van der Waals surface area contributed by atoms with Crippen LogP contribution in [0.3, 0.4) is 0 Å². The highest BCUT2D eigenvalue weighted by atomic mass is 31.1. The number of ether oxygens (including phenoxy) is 2. The van der Waals surface area contributed by atoms with Gasteiger partial charge in [-0.15, -0.1) is 0 Å². The van der Waals surface area contributed by atoms with Gasteiger partial charge < -0.3 is 19.9 Å². The Kier molecular flexibility index (Phi) is 9.42. The third kappa shape index (κ3) is 6.28. The van der Waals surface area contributed by atoms with Crippen LogP contribution in [0.2, 0.25) is 0 Å². The molecule has 0 bridgehead atoms. The molecule has 2 aromatic rings. The van der Waals surface area contributed by atoms with Gasteiger partial charge in [0.1, 0.15) is 5.60 Å². The number of unbranched alkanes of at least 4 members (excludes halogenated alkanes) is 2. The van der Waals surface area contributed by atoms with E-state index in [2.05, 4.69) is 49.1 Å². The van der Waals surface area contributed by atoms with Gasteiger partial charge in [-0.05, 0) is 63.6 Å². The number of aliphatic hydroxyl groups is 1. The van der Waals surface area contributed by atoms with E-state index >= 15 is 0 Å². The Morgan fingerprint density at radius 1 is 1.26 bits per heavy atom. The molecule has 0 radical (unpaired) electrons. The largest absolute Gasteiger partial charge is 0.495 e. The molecule has 2 atom stereocenters. The van der Waals surface area contributed by atoms with E-state index in [9.17, 15) is 5.11 Å². The highest BCUT2D eigenvalue weighted by Crippen LogP contribution is 2.63. The molecular weight excluding hydrogens is 459 g/mol. The van der Waals surface area contributed by atoms with E-state index in [4.69, 9.17) is 13.9 Å². The molecule has 35 heavy (non-hydrogen) atoms. The maximum absolute atomic E-state index is 10.3. The minimum Gasteiger partial charge on any atom is -0.495 e. The van der Waals surface area contributed by atoms with Gasteiger partial charge in [0.25, 0.3) is 19.6 Å². The molecule has 1 spiro atoms. The van der Waals surface area contributed by atoms with Crippen LogP contribution < -0.4 is 5.32 Å². The molecule has 2 unspecified atom stereocenters. The van der Waals surface area contributed by atoms with Crippen molar-refractivity contribution >= 4 is 19.5 Å². The van der Waals surface area contributed by atoms with Gasteiger partial charge in [0, 0.05) is 25.6 Å². The number of nitrogens with one attached hydrogen (secondary N) is 1. The quantitative estimate of drug-likeness (QED) is 0.217. The van der Waals surface area contributed by atoms with Crippen molar-refractivity contribution in [3.05, 3.63) is 52.1 Å². The van der Waals surface area contributed by atoms with E-state index in [1.807, 2.05) is 13.0 Å². The number of fused-ring (bicyclic) bond motifs is 2. The lowest BCUT2D eigenvalue weighted by Gasteiger charge is -2.37. The number of aliphatic imine (C=N–C) groups is 1. The van der Waals surface area contributed by atoms with Crippen LogP contribution >= 0.6 is 7.77 Å². The number of aryl methyl sites for hydroxylation is 2. The first-order chi connectivity index (χ1) is 16.7. The Labute approximate surface area is 212 Å². The predicted molar refractivity (Wildman–Crippen MR) is 145 cm³/mol. The first kappa shape index (κ1) is 27.7. The molecule has 0 amide bonds. The monoisotopic (exact) mass is 502 g/mol. The number of hydrogen-bond acceptors (Lipinski definition) is 5. The summed E-state index contributed by atoms with van der Waals surface area (Å²) < 4.78 is 16.9. The molecule has 0 aliphatic carbocycles. The minimum atomic E-state index is -0.980. The van der Waals surface area contributed by atoms with Gasteiger partial charge in [0.2, 0.25) is 0 Å². The molecule has 194 valence electrons. The molecule has 2 aliphatic heterocycles. The second kappa shape index (κ2) is 11.9. The lowest BCUT2D eigenvalue weighted by atomic mass is 9.95. The van der Waals surface area contributed by atoms with Crippen LogP contribution in [0.5, 0.6) is 0 Å². The summed E-state index contributed by atoms with van der Waals surface area (Å²) in [5, 5.41) is 15.0. The summed E-state index contributed by atoms with van der Waals surface area (Å²) in [4.78, 5) is 4.72. The zero-order valence-electron chi connectivity index (χ0n) is 22.5. The third-order valence-corrected chi connectivity index (χ3v) is 8.53. The van der Waals surface area contributed by atoms with Gasteiger partial charge in [-0.1, -0.05) is 51.3 Å². The Morgan fingerprint density at radius 2 is 2.00 bits per heavy atom. The molecule has 0 saturated heterocycles. The number of benzene rings is 1. The van der Waals surface area contributed by atoms with Crippen molar-refractivity contribution in [1.29, 1.82) is 0 Å². The summed E-state index contributed by atoms with van der Waals surface area (Å²) in [6.45, 7) is 13.5. The van der Waals surface area contributed by atoms with Crippen LogP contribution in [-0.2, 0) is 33.5 Å². The van der Waals surface area contributed by atoms with E-state index in [1.54, 1.807) is 21.0 Å². The number of hydrogen-bond donors (Lipinski definition) is 2. The lowest BCUT2D eigenvalue weighted by Crippen LogP contribution is -2.35. The number of rotatable bonds is 9. The van der Waals surface area contributed by atoms with Crippen molar-refractivity contribution in [2.24, 2.45) is 4.99 Å². The van der Waals surface area contributed by atoms with Gasteiger partial charge in [-0.25, -0.2) is 4.99 Å². The molecule has 4 rings (SSSR count). The number of methoxy groups -OCH3 is 1. The Morgan fingerprint density at radius 3 is 2.63 bits per heavy atom. The second-order valence-corrected chi connectivity index (χ2v) is 11.5. The summed E-state index contributed by atoms with van der Waals surface area (Å²) in [6, 6.07) is 7.06. The summed E-state index contributed by atoms with van der Waals surface area (Å²) in [6.07, 6.45) is 8.97. The van der Waals surface area contributed by atoms with E-state index in [1.165, 1.54) is 41.6 Å². The molecule has 1 aromatic carbocycles. The average molecular weight is 503 g/mol. The van der Waals surface area contributed by atoms with E-state index in [0.29, 0.717) is 18.3 Å². The zero-order chi connectivity index (χ0) is 25.6. The molecule has 1 aromatic heterocycles. The van der Waals surface area contributed by atoms with Crippen molar-refractivity contribution in [1.82, 2.24) is 0 Å². The predicted octanol–water partition coefficient (Wildman–Crippen LogP) is 7.14. The molecule has 2 N–H and O–H groups in total. The normalized spacial score (nSPS) is 18.9. The fraction of sp³-hybridized carbons (Fsp3) is 0.607. The first-order valence-electron chi connectivity index (χ1n) is 12.9. The topological polar surface area (TPSA) is 74.4 Å². The zero-order valence-corrected chi connectivity index (χ0v) is 23.4. The molecule has 7 heteroatoms. The van der Waals surface area contributed by atoms with Gasteiger partial charge in [-0.2, -0.15) is 4.20 Å². The van der Waals surface area contributed by atoms with E-state index < -0.39 is 19.0 Å². The molecule has 3 heterocycles. The van der Waals surface area contributed by atoms with Crippen LogP contribution in [-0.4, -0.2) is 31.4 Å². The number of anilines is 1. The fourth-order valence-electron chi connectivity index (χ4n) is 4.35. The lowest BCUT2D eigenvalue weighted by molar-refractivity contribution is 0.0582. The van der Waals surface area contributed by atoms with Crippen LogP contribution in [0.4, 0.5) is 5.69 Å². The average Bonchev–Trinajstić information content (AvgIpc) is 3.40. The van der Waals surface area contributed by atoms with Crippen molar-refractivity contribution < 1.29 is 18.8 Å². The van der Waals surface area contributed by atoms with E-state index in [0.717, 1.165) is 31.2 Å². The molecular formula is C28H43N2O4P. The van der Waals surface area contributed by atoms with Crippen LogP contribution in [0.1, 0.15) is 88.0 Å².